The Balaban J connectivity index is 0.000000766. The smallest absolute Gasteiger partial charge is 0.400 e. The quantitative estimate of drug-likeness (QED) is 0.208. The average molecular weight is 726 g/mol. The van der Waals surface area contributed by atoms with E-state index in [1.54, 1.807) is 11.8 Å². The van der Waals surface area contributed by atoms with Crippen LogP contribution in [0, 0.1) is 12.2 Å². The number of benzene rings is 4. The summed E-state index contributed by atoms with van der Waals surface area (Å²) in [7, 11) is 2.00. The van der Waals surface area contributed by atoms with Crippen molar-refractivity contribution in [1.82, 2.24) is 0 Å². The number of halogens is 2. The molecule has 2 aliphatic carbocycles. The molecule has 0 heterocycles. The normalized spacial score (nSPS) is 15.8. The Bertz CT molecular complexity index is 1310. The van der Waals surface area contributed by atoms with Gasteiger partial charge in [-0.05, 0) is 21.9 Å². The number of hydrogen-bond acceptors (Lipinski definition) is 3. The summed E-state index contributed by atoms with van der Waals surface area (Å²) < 4.78 is 2.27. The number of allylic oxidation sites excluding steroid dienone is 2. The molecule has 2 unspecified atom stereocenters. The third-order valence-corrected chi connectivity index (χ3v) is 8.41. The Labute approximate surface area is 265 Å². The largest absolute Gasteiger partial charge is 2.00 e. The Morgan fingerprint density at radius 3 is 1.34 bits per heavy atom. The minimum absolute atomic E-state index is 0. The van der Waals surface area contributed by atoms with E-state index in [0.29, 0.717) is 0 Å². The van der Waals surface area contributed by atoms with E-state index in [2.05, 4.69) is 141 Å². The Morgan fingerprint density at radius 1 is 0.605 bits per heavy atom. The first kappa shape index (κ1) is 31.0. The fraction of sp³-hybridized carbons (Fsp3) is 0.125. The summed E-state index contributed by atoms with van der Waals surface area (Å²) in [5.41, 5.74) is 7.60. The monoisotopic (exact) mass is 722 g/mol. The second kappa shape index (κ2) is 14.7. The molecule has 0 aliphatic heterocycles. The molecular formula is C32H26Br2O2SZr. The van der Waals surface area contributed by atoms with Crippen molar-refractivity contribution < 1.29 is 36.4 Å². The third kappa shape index (κ3) is 6.60. The molecule has 190 valence electrons. The second-order valence-corrected chi connectivity index (χ2v) is 11.1. The van der Waals surface area contributed by atoms with E-state index in [4.69, 9.17) is 10.2 Å². The van der Waals surface area contributed by atoms with Crippen molar-refractivity contribution in [1.29, 1.82) is 0 Å². The average Bonchev–Trinajstić information content (AvgIpc) is 3.57. The molecular weight excluding hydrogens is 699 g/mol. The molecule has 0 amide bonds. The van der Waals surface area contributed by atoms with E-state index in [-0.39, 0.29) is 38.0 Å². The maximum absolute atomic E-state index is 7.00. The zero-order chi connectivity index (χ0) is 26.4. The molecule has 0 spiro atoms. The van der Waals surface area contributed by atoms with Crippen molar-refractivity contribution in [3.63, 3.8) is 0 Å². The van der Waals surface area contributed by atoms with E-state index < -0.39 is 0 Å². The van der Waals surface area contributed by atoms with Crippen LogP contribution < -0.4 is 0 Å². The fourth-order valence-electron chi connectivity index (χ4n) is 4.66. The summed E-state index contributed by atoms with van der Waals surface area (Å²) in [5, 5.41) is 14.0. The molecule has 0 saturated carbocycles. The van der Waals surface area contributed by atoms with Crippen LogP contribution in [0.2, 0.25) is 0 Å². The molecule has 4 aromatic rings. The van der Waals surface area contributed by atoms with Crippen LogP contribution in [0.5, 0.6) is 0 Å². The second-order valence-electron chi connectivity index (χ2n) is 8.23. The van der Waals surface area contributed by atoms with Crippen LogP contribution in [0.15, 0.2) is 104 Å². The number of hydrogen-bond donors (Lipinski definition) is 2. The molecule has 2 N–H and O–H groups in total. The molecule has 0 fully saturated rings. The summed E-state index contributed by atoms with van der Waals surface area (Å²) in [6.45, 7) is 0. The summed E-state index contributed by atoms with van der Waals surface area (Å²) in [5.74, 6) is 0.360. The predicted octanol–water partition coefficient (Wildman–Crippen LogP) is 8.50. The van der Waals surface area contributed by atoms with Gasteiger partial charge in [0.05, 0.1) is 0 Å². The minimum atomic E-state index is 0. The van der Waals surface area contributed by atoms with Gasteiger partial charge in [-0.1, -0.05) is 127 Å². The van der Waals surface area contributed by atoms with Crippen molar-refractivity contribution in [2.45, 2.75) is 21.6 Å². The molecule has 0 bridgehead atoms. The van der Waals surface area contributed by atoms with E-state index in [9.17, 15) is 0 Å². The Kier molecular flexibility index (Phi) is 12.0. The summed E-state index contributed by atoms with van der Waals surface area (Å²) >= 11 is 9.48. The first-order valence-electron chi connectivity index (χ1n) is 11.7. The van der Waals surface area contributed by atoms with Gasteiger partial charge in [-0.25, -0.2) is 12.2 Å². The molecule has 2 nitrogen and oxygen atoms in total. The van der Waals surface area contributed by atoms with Gasteiger partial charge >= 0.3 is 26.2 Å². The van der Waals surface area contributed by atoms with Gasteiger partial charge in [0, 0.05) is 23.2 Å². The predicted molar refractivity (Wildman–Crippen MR) is 161 cm³/mol. The molecule has 2 atom stereocenters. The SMILES string of the molecule is Brc1cc(Sc2cc(Br)c3c(c2)C=[C-]C3c2ccccc2)cc2c1C(c1ccccc1)[C-]=C2.CO.CO.[Zr+2]. The molecule has 0 radical (unpaired) electrons. The number of aliphatic hydroxyl groups excluding tert-OH is 2. The van der Waals surface area contributed by atoms with E-state index in [1.165, 1.54) is 43.2 Å². The molecule has 4 aromatic carbocycles. The van der Waals surface area contributed by atoms with Crippen LogP contribution in [0.4, 0.5) is 0 Å². The number of fused-ring (bicyclic) bond motifs is 2. The van der Waals surface area contributed by atoms with Crippen molar-refractivity contribution >= 4 is 55.8 Å². The van der Waals surface area contributed by atoms with Gasteiger partial charge in [0.25, 0.3) is 0 Å². The van der Waals surface area contributed by atoms with Crippen molar-refractivity contribution in [3.05, 3.63) is 139 Å². The minimum Gasteiger partial charge on any atom is -0.400 e. The van der Waals surface area contributed by atoms with E-state index in [0.717, 1.165) is 23.2 Å². The third-order valence-electron chi connectivity index (χ3n) is 6.16. The summed E-state index contributed by atoms with van der Waals surface area (Å²) in [6, 6.07) is 30.2. The zero-order valence-electron chi connectivity index (χ0n) is 21.0. The van der Waals surface area contributed by atoms with Gasteiger partial charge in [-0.2, -0.15) is 11.1 Å². The molecule has 0 aromatic heterocycles. The molecule has 38 heavy (non-hydrogen) atoms. The van der Waals surface area contributed by atoms with Gasteiger partial charge < -0.3 is 10.2 Å². The number of rotatable bonds is 4. The van der Waals surface area contributed by atoms with Crippen LogP contribution in [0.25, 0.3) is 12.2 Å². The summed E-state index contributed by atoms with van der Waals surface area (Å²) in [4.78, 5) is 2.43. The fourth-order valence-corrected chi connectivity index (χ4v) is 7.37. The maximum atomic E-state index is 7.00. The van der Waals surface area contributed by atoms with E-state index >= 15 is 0 Å². The van der Waals surface area contributed by atoms with Crippen LogP contribution in [0.3, 0.4) is 0 Å². The summed E-state index contributed by atoms with van der Waals surface area (Å²) in [6.07, 6.45) is 11.4. The van der Waals surface area contributed by atoms with Gasteiger partial charge in [0.1, 0.15) is 0 Å². The zero-order valence-corrected chi connectivity index (χ0v) is 27.4. The first-order valence-corrected chi connectivity index (χ1v) is 14.1. The molecule has 0 saturated heterocycles. The molecule has 6 heteroatoms. The van der Waals surface area contributed by atoms with Crippen LogP contribution in [0.1, 0.15) is 45.2 Å². The van der Waals surface area contributed by atoms with Crippen LogP contribution in [-0.2, 0) is 26.2 Å². The number of aliphatic hydroxyl groups is 2. The molecule has 2 aliphatic rings. The topological polar surface area (TPSA) is 40.5 Å². The van der Waals surface area contributed by atoms with Crippen molar-refractivity contribution in [2.75, 3.05) is 14.2 Å². The maximum Gasteiger partial charge on any atom is 2.00 e. The van der Waals surface area contributed by atoms with Gasteiger partial charge in [0.2, 0.25) is 0 Å². The first-order chi connectivity index (χ1) is 18.2. The van der Waals surface area contributed by atoms with Gasteiger partial charge in [-0.3, -0.25) is 12.2 Å². The van der Waals surface area contributed by atoms with Crippen molar-refractivity contribution in [3.8, 4) is 0 Å². The van der Waals surface area contributed by atoms with Crippen LogP contribution in [-0.4, -0.2) is 24.4 Å². The molecule has 6 rings (SSSR count). The van der Waals surface area contributed by atoms with Crippen molar-refractivity contribution in [2.24, 2.45) is 0 Å². The standard InChI is InChI=1S/C30H18Br2S.2CH4O.Zr/c31-27-17-23(15-21-11-13-25(29(21)27)19-7-3-1-4-8-19)33-24-16-22-12-14-26(30(22)28(32)18-24)20-9-5-2-6-10-20;2*1-2;/h1-12,15-18,25-26H;2*2H,1H3;/q-2;;;+2. The van der Waals surface area contributed by atoms with Gasteiger partial charge in [0.15, 0.2) is 0 Å². The Hall–Kier alpha value is -1.53. The Morgan fingerprint density at radius 2 is 0.974 bits per heavy atom. The van der Waals surface area contributed by atoms with Gasteiger partial charge in [-0.15, -0.1) is 23.3 Å². The van der Waals surface area contributed by atoms with E-state index in [1.807, 2.05) is 0 Å². The van der Waals surface area contributed by atoms with Crippen LogP contribution >= 0.6 is 43.6 Å².